The Hall–Kier alpha value is -2.04. The van der Waals surface area contributed by atoms with E-state index in [1.807, 2.05) is 0 Å². The second-order valence-electron chi connectivity index (χ2n) is 3.70. The highest BCUT2D eigenvalue weighted by molar-refractivity contribution is 5.96. The van der Waals surface area contributed by atoms with Crippen LogP contribution in [0.15, 0.2) is 18.2 Å². The zero-order chi connectivity index (χ0) is 11.7. The number of primary amides is 1. The first kappa shape index (κ1) is 10.5. The van der Waals surface area contributed by atoms with Crippen LogP contribution in [0.5, 0.6) is 0 Å². The number of carbonyl (C=O) groups excluding carboxylic acids is 1. The van der Waals surface area contributed by atoms with Crippen LogP contribution in [-0.2, 0) is 6.42 Å². The number of carboxylic acids is 1. The molecule has 0 unspecified atom stereocenters. The third-order valence-corrected chi connectivity index (χ3v) is 2.75. The summed E-state index contributed by atoms with van der Waals surface area (Å²) in [7, 11) is 0. The molecule has 0 atom stereocenters. The van der Waals surface area contributed by atoms with E-state index < -0.39 is 12.0 Å². The number of nitrogens with zero attached hydrogens (tertiary/aromatic N) is 1. The smallest absolute Gasteiger partial charge is 0.336 e. The molecule has 0 saturated heterocycles. The van der Waals surface area contributed by atoms with E-state index >= 15 is 0 Å². The van der Waals surface area contributed by atoms with Crippen LogP contribution in [0, 0.1) is 0 Å². The molecule has 0 spiro atoms. The predicted octanol–water partition coefficient (Wildman–Crippen LogP) is 1.22. The van der Waals surface area contributed by atoms with Crippen LogP contribution in [0.1, 0.15) is 22.3 Å². The van der Waals surface area contributed by atoms with Gasteiger partial charge in [0.15, 0.2) is 0 Å². The summed E-state index contributed by atoms with van der Waals surface area (Å²) in [6.07, 6.45) is 1.40. The summed E-state index contributed by atoms with van der Waals surface area (Å²) < 4.78 is 0. The van der Waals surface area contributed by atoms with E-state index in [1.165, 1.54) is 4.90 Å². The normalized spacial score (nSPS) is 14.4. The summed E-state index contributed by atoms with van der Waals surface area (Å²) in [5.74, 6) is -0.969. The minimum Gasteiger partial charge on any atom is -0.478 e. The first-order valence-electron chi connectivity index (χ1n) is 5.03. The van der Waals surface area contributed by atoms with Crippen LogP contribution in [0.4, 0.5) is 10.5 Å². The van der Waals surface area contributed by atoms with Gasteiger partial charge in [0.05, 0.1) is 5.56 Å². The summed E-state index contributed by atoms with van der Waals surface area (Å²) in [4.78, 5) is 23.6. The van der Waals surface area contributed by atoms with E-state index in [-0.39, 0.29) is 5.56 Å². The van der Waals surface area contributed by atoms with Gasteiger partial charge in [-0.25, -0.2) is 9.59 Å². The lowest BCUT2D eigenvalue weighted by molar-refractivity contribution is 0.0695. The summed E-state index contributed by atoms with van der Waals surface area (Å²) in [6, 6.07) is 4.37. The molecule has 1 aliphatic rings. The number of nitrogens with two attached hydrogens (primary N) is 1. The Morgan fingerprint density at radius 3 is 2.75 bits per heavy atom. The molecule has 1 aromatic rings. The van der Waals surface area contributed by atoms with Crippen molar-refractivity contribution in [3.8, 4) is 0 Å². The molecule has 3 N–H and O–H groups in total. The second-order valence-corrected chi connectivity index (χ2v) is 3.70. The third-order valence-electron chi connectivity index (χ3n) is 2.75. The van der Waals surface area contributed by atoms with Gasteiger partial charge in [0.1, 0.15) is 0 Å². The average Bonchev–Trinajstić information content (AvgIpc) is 2.27. The molecule has 0 radical (unpaired) electrons. The predicted molar refractivity (Wildman–Crippen MR) is 58.7 cm³/mol. The molecule has 1 heterocycles. The lowest BCUT2D eigenvalue weighted by Gasteiger charge is -2.28. The number of carboxylic acid groups (broad SMARTS) is 1. The molecule has 2 rings (SSSR count). The van der Waals surface area contributed by atoms with E-state index in [0.717, 1.165) is 6.42 Å². The van der Waals surface area contributed by atoms with Crippen LogP contribution in [0.3, 0.4) is 0 Å². The van der Waals surface area contributed by atoms with Gasteiger partial charge in [-0.3, -0.25) is 4.90 Å². The van der Waals surface area contributed by atoms with Crippen LogP contribution in [0.25, 0.3) is 0 Å². The summed E-state index contributed by atoms with van der Waals surface area (Å²) in [5.41, 5.74) is 6.82. The highest BCUT2D eigenvalue weighted by atomic mass is 16.4. The van der Waals surface area contributed by atoms with Gasteiger partial charge in [-0.1, -0.05) is 6.07 Å². The topological polar surface area (TPSA) is 83.6 Å². The minimum absolute atomic E-state index is 0.253. The highest BCUT2D eigenvalue weighted by Gasteiger charge is 2.24. The Morgan fingerprint density at radius 1 is 1.38 bits per heavy atom. The van der Waals surface area contributed by atoms with Crippen molar-refractivity contribution in [1.29, 1.82) is 0 Å². The van der Waals surface area contributed by atoms with E-state index in [0.29, 0.717) is 24.2 Å². The molecule has 0 aromatic heterocycles. The van der Waals surface area contributed by atoms with Crippen molar-refractivity contribution < 1.29 is 14.7 Å². The molecular formula is C11H12N2O3. The Bertz CT molecular complexity index is 457. The number of aromatic carboxylic acids is 1. The number of anilines is 1. The average molecular weight is 220 g/mol. The molecule has 0 saturated carbocycles. The van der Waals surface area contributed by atoms with Crippen LogP contribution >= 0.6 is 0 Å². The van der Waals surface area contributed by atoms with Gasteiger partial charge < -0.3 is 10.8 Å². The number of rotatable bonds is 1. The molecular weight excluding hydrogens is 208 g/mol. The molecule has 0 bridgehead atoms. The monoisotopic (exact) mass is 220 g/mol. The van der Waals surface area contributed by atoms with Crippen molar-refractivity contribution in [3.05, 3.63) is 29.3 Å². The van der Waals surface area contributed by atoms with Crippen LogP contribution in [-0.4, -0.2) is 23.7 Å². The lowest BCUT2D eigenvalue weighted by Crippen LogP contribution is -2.39. The zero-order valence-corrected chi connectivity index (χ0v) is 8.64. The van der Waals surface area contributed by atoms with Crippen molar-refractivity contribution in [2.45, 2.75) is 12.8 Å². The van der Waals surface area contributed by atoms with Gasteiger partial charge in [-0.05, 0) is 30.5 Å². The van der Waals surface area contributed by atoms with Crippen molar-refractivity contribution in [2.24, 2.45) is 5.73 Å². The summed E-state index contributed by atoms with van der Waals surface area (Å²) >= 11 is 0. The number of carbonyl (C=O) groups is 2. The molecule has 1 aliphatic heterocycles. The maximum Gasteiger partial charge on any atom is 0.336 e. The highest BCUT2D eigenvalue weighted by Crippen LogP contribution is 2.29. The fraction of sp³-hybridized carbons (Fsp3) is 0.273. The molecule has 5 heteroatoms. The first-order valence-corrected chi connectivity index (χ1v) is 5.03. The van der Waals surface area contributed by atoms with Gasteiger partial charge in [0.2, 0.25) is 0 Å². The maximum absolute atomic E-state index is 11.2. The molecule has 0 aliphatic carbocycles. The standard InChI is InChI=1S/C11H12N2O3/c12-11(16)13-6-2-4-7-8(10(14)15)3-1-5-9(7)13/h1,3,5H,2,4,6H2,(H2,12,16)(H,14,15). The Kier molecular flexibility index (Phi) is 2.52. The van der Waals surface area contributed by atoms with Gasteiger partial charge >= 0.3 is 12.0 Å². The SMILES string of the molecule is NC(=O)N1CCCc2c(C(=O)O)cccc21. The third kappa shape index (κ3) is 1.60. The number of urea groups is 1. The molecule has 84 valence electrons. The second kappa shape index (κ2) is 3.84. The lowest BCUT2D eigenvalue weighted by atomic mass is 9.96. The van der Waals surface area contributed by atoms with Gasteiger partial charge in [0, 0.05) is 12.2 Å². The van der Waals surface area contributed by atoms with Gasteiger partial charge in [0.25, 0.3) is 0 Å². The Labute approximate surface area is 92.5 Å². The van der Waals surface area contributed by atoms with Crippen molar-refractivity contribution in [3.63, 3.8) is 0 Å². The fourth-order valence-corrected chi connectivity index (χ4v) is 2.05. The first-order chi connectivity index (χ1) is 7.61. The zero-order valence-electron chi connectivity index (χ0n) is 8.64. The van der Waals surface area contributed by atoms with Crippen LogP contribution < -0.4 is 10.6 Å². The maximum atomic E-state index is 11.2. The van der Waals surface area contributed by atoms with Crippen molar-refractivity contribution >= 4 is 17.7 Å². The number of hydrogen-bond donors (Lipinski definition) is 2. The quantitative estimate of drug-likeness (QED) is 0.746. The molecule has 2 amide bonds. The van der Waals surface area contributed by atoms with Crippen LogP contribution in [0.2, 0.25) is 0 Å². The number of hydrogen-bond acceptors (Lipinski definition) is 2. The van der Waals surface area contributed by atoms with E-state index in [9.17, 15) is 9.59 Å². The number of fused-ring (bicyclic) bond motifs is 1. The van der Waals surface area contributed by atoms with E-state index in [2.05, 4.69) is 0 Å². The summed E-state index contributed by atoms with van der Waals surface area (Å²) in [6.45, 7) is 0.547. The van der Waals surface area contributed by atoms with E-state index in [1.54, 1.807) is 18.2 Å². The molecule has 16 heavy (non-hydrogen) atoms. The number of benzene rings is 1. The van der Waals surface area contributed by atoms with Crippen molar-refractivity contribution in [2.75, 3.05) is 11.4 Å². The van der Waals surface area contributed by atoms with Gasteiger partial charge in [-0.15, -0.1) is 0 Å². The summed E-state index contributed by atoms with van der Waals surface area (Å²) in [5, 5.41) is 9.03. The molecule has 1 aromatic carbocycles. The van der Waals surface area contributed by atoms with Gasteiger partial charge in [-0.2, -0.15) is 0 Å². The fourth-order valence-electron chi connectivity index (χ4n) is 2.05. The van der Waals surface area contributed by atoms with E-state index in [4.69, 9.17) is 10.8 Å². The Balaban J connectivity index is 2.54. The van der Waals surface area contributed by atoms with Crippen molar-refractivity contribution in [1.82, 2.24) is 0 Å². The minimum atomic E-state index is -0.969. The Morgan fingerprint density at radius 2 is 2.12 bits per heavy atom. The number of amides is 2. The molecule has 0 fully saturated rings. The largest absolute Gasteiger partial charge is 0.478 e. The molecule has 5 nitrogen and oxygen atoms in total.